The van der Waals surface area contributed by atoms with Crippen LogP contribution in [0.25, 0.3) is 16.9 Å². The van der Waals surface area contributed by atoms with Crippen LogP contribution in [0.1, 0.15) is 16.1 Å². The van der Waals surface area contributed by atoms with Crippen LogP contribution < -0.4 is 4.74 Å². The summed E-state index contributed by atoms with van der Waals surface area (Å²) in [7, 11) is 2.93. The topological polar surface area (TPSA) is 79.1 Å². The predicted octanol–water partition coefficient (Wildman–Crippen LogP) is 1.92. The molecule has 2 aromatic heterocycles. The van der Waals surface area contributed by atoms with Gasteiger partial charge in [0.1, 0.15) is 0 Å². The highest BCUT2D eigenvalue weighted by molar-refractivity contribution is 5.89. The molecule has 7 heteroatoms. The predicted molar refractivity (Wildman–Crippen MR) is 79.3 cm³/mol. The van der Waals surface area contributed by atoms with Gasteiger partial charge in [0.2, 0.25) is 5.65 Å². The van der Waals surface area contributed by atoms with E-state index in [1.165, 1.54) is 11.9 Å². The van der Waals surface area contributed by atoms with Crippen LogP contribution in [-0.4, -0.2) is 40.2 Å². The average molecular weight is 298 g/mol. The molecule has 0 aliphatic rings. The van der Waals surface area contributed by atoms with E-state index < -0.39 is 0 Å². The van der Waals surface area contributed by atoms with Gasteiger partial charge in [-0.1, -0.05) is 0 Å². The maximum absolute atomic E-state index is 11.4. The van der Waals surface area contributed by atoms with Gasteiger partial charge in [-0.3, -0.25) is 0 Å². The molecule has 1 aromatic carbocycles. The molecule has 3 aromatic rings. The summed E-state index contributed by atoms with van der Waals surface area (Å²) in [4.78, 5) is 17.2. The molecule has 3 rings (SSSR count). The highest BCUT2D eigenvalue weighted by Gasteiger charge is 2.12. The maximum Gasteiger partial charge on any atom is 0.337 e. The smallest absolute Gasteiger partial charge is 0.337 e. The fourth-order valence-corrected chi connectivity index (χ4v) is 2.11. The van der Waals surface area contributed by atoms with Crippen molar-refractivity contribution in [3.8, 4) is 11.4 Å². The molecule has 0 fully saturated rings. The van der Waals surface area contributed by atoms with E-state index in [-0.39, 0.29) is 5.97 Å². The van der Waals surface area contributed by atoms with Crippen LogP contribution in [0.15, 0.2) is 30.3 Å². The second-order valence-corrected chi connectivity index (χ2v) is 4.67. The standard InChI is InChI=1S/C15H14N4O3/c1-9-8-12(21-2)13-14(16-9)18-19(17-13)11-6-4-10(5-7-11)15(20)22-3/h4-8H,1-3H3. The quantitative estimate of drug-likeness (QED) is 0.687. The highest BCUT2D eigenvalue weighted by Crippen LogP contribution is 2.22. The van der Waals surface area contributed by atoms with E-state index in [1.807, 2.05) is 13.0 Å². The molecule has 0 aliphatic carbocycles. The van der Waals surface area contributed by atoms with E-state index in [1.54, 1.807) is 31.4 Å². The molecule has 0 bridgehead atoms. The number of aryl methyl sites for hydroxylation is 1. The number of rotatable bonds is 3. The Bertz CT molecular complexity index is 840. The van der Waals surface area contributed by atoms with Crippen molar-refractivity contribution < 1.29 is 14.3 Å². The van der Waals surface area contributed by atoms with Crippen LogP contribution in [0.2, 0.25) is 0 Å². The minimum atomic E-state index is -0.385. The van der Waals surface area contributed by atoms with Crippen molar-refractivity contribution in [1.29, 1.82) is 0 Å². The molecule has 0 spiro atoms. The number of carbonyl (C=O) groups excluding carboxylic acids is 1. The van der Waals surface area contributed by atoms with Crippen LogP contribution >= 0.6 is 0 Å². The fourth-order valence-electron chi connectivity index (χ4n) is 2.11. The molecule has 0 aliphatic heterocycles. The number of pyridine rings is 1. The molecule has 0 radical (unpaired) electrons. The zero-order valence-electron chi connectivity index (χ0n) is 12.4. The molecule has 7 nitrogen and oxygen atoms in total. The molecular formula is C15H14N4O3. The minimum absolute atomic E-state index is 0.385. The Hall–Kier alpha value is -2.96. The molecule has 22 heavy (non-hydrogen) atoms. The van der Waals surface area contributed by atoms with Gasteiger partial charge in [0, 0.05) is 11.8 Å². The van der Waals surface area contributed by atoms with Gasteiger partial charge in [0.25, 0.3) is 0 Å². The lowest BCUT2D eigenvalue weighted by atomic mass is 10.2. The van der Waals surface area contributed by atoms with Gasteiger partial charge in [-0.25, -0.2) is 9.78 Å². The molecule has 112 valence electrons. The summed E-state index contributed by atoms with van der Waals surface area (Å²) < 4.78 is 9.98. The second-order valence-electron chi connectivity index (χ2n) is 4.67. The number of carbonyl (C=O) groups is 1. The number of hydrogen-bond acceptors (Lipinski definition) is 6. The minimum Gasteiger partial charge on any atom is -0.494 e. The summed E-state index contributed by atoms with van der Waals surface area (Å²) in [6.45, 7) is 1.87. The molecule has 0 N–H and O–H groups in total. The van der Waals surface area contributed by atoms with Gasteiger partial charge < -0.3 is 9.47 Å². The van der Waals surface area contributed by atoms with Crippen molar-refractivity contribution >= 4 is 17.1 Å². The Morgan fingerprint density at radius 3 is 2.50 bits per heavy atom. The summed E-state index contributed by atoms with van der Waals surface area (Å²) in [5, 5.41) is 8.74. The van der Waals surface area contributed by atoms with Crippen molar-refractivity contribution in [2.75, 3.05) is 14.2 Å². The zero-order valence-corrected chi connectivity index (χ0v) is 12.4. The number of hydrogen-bond donors (Lipinski definition) is 0. The first-order valence-electron chi connectivity index (χ1n) is 6.60. The third kappa shape index (κ3) is 2.37. The Labute approximate surface area is 126 Å². The molecule has 0 saturated carbocycles. The third-order valence-electron chi connectivity index (χ3n) is 3.19. The number of ether oxygens (including phenoxy) is 2. The summed E-state index contributed by atoms with van der Waals surface area (Å²) in [5.74, 6) is 0.240. The monoisotopic (exact) mass is 298 g/mol. The van der Waals surface area contributed by atoms with E-state index in [2.05, 4.69) is 19.9 Å². The van der Waals surface area contributed by atoms with Gasteiger partial charge >= 0.3 is 5.97 Å². The van der Waals surface area contributed by atoms with Crippen LogP contribution in [-0.2, 0) is 4.74 Å². The number of nitrogens with zero attached hydrogens (tertiary/aromatic N) is 4. The zero-order chi connectivity index (χ0) is 15.7. The lowest BCUT2D eigenvalue weighted by Gasteiger charge is -2.01. The highest BCUT2D eigenvalue weighted by atomic mass is 16.5. The van der Waals surface area contributed by atoms with Gasteiger partial charge in [-0.15, -0.1) is 15.0 Å². The van der Waals surface area contributed by atoms with Crippen LogP contribution in [0, 0.1) is 6.92 Å². The number of benzene rings is 1. The van der Waals surface area contributed by atoms with Crippen molar-refractivity contribution in [3.63, 3.8) is 0 Å². The molecule has 0 amide bonds. The first kappa shape index (κ1) is 14.0. The number of fused-ring (bicyclic) bond motifs is 1. The van der Waals surface area contributed by atoms with Gasteiger partial charge in [0.15, 0.2) is 11.3 Å². The van der Waals surface area contributed by atoms with Crippen LogP contribution in [0.3, 0.4) is 0 Å². The molecule has 0 atom stereocenters. The second kappa shape index (κ2) is 5.44. The van der Waals surface area contributed by atoms with E-state index in [0.29, 0.717) is 28.2 Å². The Morgan fingerprint density at radius 2 is 1.86 bits per heavy atom. The van der Waals surface area contributed by atoms with E-state index in [4.69, 9.17) is 4.74 Å². The third-order valence-corrected chi connectivity index (χ3v) is 3.19. The normalized spacial score (nSPS) is 10.7. The molecule has 2 heterocycles. The fraction of sp³-hybridized carbons (Fsp3) is 0.200. The number of aromatic nitrogens is 4. The lowest BCUT2D eigenvalue weighted by molar-refractivity contribution is 0.0600. The SMILES string of the molecule is COC(=O)c1ccc(-n2nc3nc(C)cc(OC)c3n2)cc1. The average Bonchev–Trinajstić information content (AvgIpc) is 2.97. The summed E-state index contributed by atoms with van der Waals surface area (Å²) >= 11 is 0. The van der Waals surface area contributed by atoms with Crippen molar-refractivity contribution in [2.45, 2.75) is 6.92 Å². The largest absolute Gasteiger partial charge is 0.494 e. The van der Waals surface area contributed by atoms with Crippen molar-refractivity contribution in [2.24, 2.45) is 0 Å². The summed E-state index contributed by atoms with van der Waals surface area (Å²) in [6, 6.07) is 8.60. The van der Waals surface area contributed by atoms with E-state index >= 15 is 0 Å². The van der Waals surface area contributed by atoms with E-state index in [0.717, 1.165) is 5.69 Å². The molecular weight excluding hydrogens is 284 g/mol. The number of esters is 1. The Balaban J connectivity index is 2.05. The van der Waals surface area contributed by atoms with Crippen LogP contribution in [0.5, 0.6) is 5.75 Å². The molecule has 0 unspecified atom stereocenters. The first-order valence-corrected chi connectivity index (χ1v) is 6.60. The van der Waals surface area contributed by atoms with Crippen LogP contribution in [0.4, 0.5) is 0 Å². The maximum atomic E-state index is 11.4. The Morgan fingerprint density at radius 1 is 1.14 bits per heavy atom. The summed E-state index contributed by atoms with van der Waals surface area (Å²) in [5.41, 5.74) is 3.08. The van der Waals surface area contributed by atoms with Gasteiger partial charge in [0.05, 0.1) is 25.5 Å². The lowest BCUT2D eigenvalue weighted by Crippen LogP contribution is -2.03. The summed E-state index contributed by atoms with van der Waals surface area (Å²) in [6.07, 6.45) is 0. The Kier molecular flexibility index (Phi) is 3.46. The van der Waals surface area contributed by atoms with Gasteiger partial charge in [-0.2, -0.15) is 0 Å². The van der Waals surface area contributed by atoms with Crippen molar-refractivity contribution in [3.05, 3.63) is 41.6 Å². The van der Waals surface area contributed by atoms with E-state index in [9.17, 15) is 4.79 Å². The molecule has 0 saturated heterocycles. The van der Waals surface area contributed by atoms with Crippen molar-refractivity contribution in [1.82, 2.24) is 20.0 Å². The number of methoxy groups -OCH3 is 2. The van der Waals surface area contributed by atoms with Gasteiger partial charge in [-0.05, 0) is 31.2 Å². The first-order chi connectivity index (χ1) is 10.6.